The van der Waals surface area contributed by atoms with E-state index in [4.69, 9.17) is 0 Å². The number of carboxylic acids is 1. The number of nitrogens with one attached hydrogen (secondary N) is 1. The molecule has 3 rings (SSSR count). The van der Waals surface area contributed by atoms with Gasteiger partial charge >= 0.3 is 5.97 Å². The molecule has 0 radical (unpaired) electrons. The number of Topliss-reactive ketones (excluding diaryl/α,β-unsaturated/α-hetero) is 4. The second kappa shape index (κ2) is 20.4. The maximum atomic E-state index is 14.3. The van der Waals surface area contributed by atoms with Crippen LogP contribution in [0.15, 0.2) is 61.6 Å². The van der Waals surface area contributed by atoms with E-state index >= 15 is 0 Å². The molecule has 1 aliphatic rings. The number of carbonyl (C=O) groups is 7. The van der Waals surface area contributed by atoms with Crippen molar-refractivity contribution in [2.24, 2.45) is 35.5 Å². The predicted molar refractivity (Wildman–Crippen MR) is 198 cm³/mol. The van der Waals surface area contributed by atoms with Crippen molar-refractivity contribution in [3.05, 3.63) is 72.8 Å². The van der Waals surface area contributed by atoms with Crippen molar-refractivity contribution in [2.75, 3.05) is 6.54 Å². The Morgan fingerprint density at radius 3 is 2.23 bits per heavy atom. The predicted octanol–water partition coefficient (Wildman–Crippen LogP) is 5.10. The van der Waals surface area contributed by atoms with Gasteiger partial charge in [0, 0.05) is 50.0 Å². The monoisotopic (exact) mass is 730 g/mol. The SMILES string of the molecule is C=CCC1CCN(C(=O)[C@@H](CC(=O)[C@@H](NC(=O)c2cnccn2)C(C)C)C(C)C)[C@@H]1C(=O)CC(CCC)C(=O)C(=O)C[C@@H](Cc1ccccc1)C(=O)O. The van der Waals surface area contributed by atoms with E-state index in [1.165, 1.54) is 23.5 Å². The van der Waals surface area contributed by atoms with Gasteiger partial charge in [-0.05, 0) is 49.0 Å². The number of rotatable bonds is 22. The smallest absolute Gasteiger partial charge is 0.307 e. The lowest BCUT2D eigenvalue weighted by Crippen LogP contribution is -2.50. The molecule has 1 saturated heterocycles. The lowest BCUT2D eigenvalue weighted by molar-refractivity contribution is -0.147. The van der Waals surface area contributed by atoms with Crippen LogP contribution in [0.3, 0.4) is 0 Å². The van der Waals surface area contributed by atoms with Gasteiger partial charge in [0.1, 0.15) is 5.69 Å². The molecule has 12 heteroatoms. The zero-order valence-electron chi connectivity index (χ0n) is 31.5. The third kappa shape index (κ3) is 11.8. The molecule has 1 aromatic carbocycles. The molecule has 2 N–H and O–H groups in total. The van der Waals surface area contributed by atoms with Gasteiger partial charge in [-0.2, -0.15) is 0 Å². The molecule has 1 aliphatic heterocycles. The number of nitrogens with zero attached hydrogens (tertiary/aromatic N) is 3. The second-order valence-corrected chi connectivity index (χ2v) is 14.7. The van der Waals surface area contributed by atoms with Gasteiger partial charge in [0.05, 0.1) is 24.2 Å². The summed E-state index contributed by atoms with van der Waals surface area (Å²) in [5.74, 6) is -8.07. The molecule has 286 valence electrons. The zero-order chi connectivity index (χ0) is 39.2. The first kappa shape index (κ1) is 42.5. The summed E-state index contributed by atoms with van der Waals surface area (Å²) in [5, 5.41) is 12.6. The third-order valence-corrected chi connectivity index (χ3v) is 10.1. The molecule has 0 bridgehead atoms. The summed E-state index contributed by atoms with van der Waals surface area (Å²) in [7, 11) is 0. The Hall–Kier alpha value is -4.87. The van der Waals surface area contributed by atoms with Crippen LogP contribution in [0, 0.1) is 35.5 Å². The molecule has 12 nitrogen and oxygen atoms in total. The van der Waals surface area contributed by atoms with E-state index in [0.717, 1.165) is 5.56 Å². The van der Waals surface area contributed by atoms with Crippen LogP contribution in [-0.4, -0.2) is 79.5 Å². The van der Waals surface area contributed by atoms with Crippen molar-refractivity contribution in [1.29, 1.82) is 0 Å². The first-order valence-corrected chi connectivity index (χ1v) is 18.6. The maximum Gasteiger partial charge on any atom is 0.307 e. The van der Waals surface area contributed by atoms with Crippen LogP contribution in [0.4, 0.5) is 0 Å². The van der Waals surface area contributed by atoms with Gasteiger partial charge in [0.25, 0.3) is 5.91 Å². The Kier molecular flexibility index (Phi) is 16.4. The van der Waals surface area contributed by atoms with Crippen LogP contribution in [0.5, 0.6) is 0 Å². The number of likely N-dealkylation sites (tertiary alicyclic amines) is 1. The van der Waals surface area contributed by atoms with Gasteiger partial charge in [-0.3, -0.25) is 38.5 Å². The number of amides is 2. The minimum Gasteiger partial charge on any atom is -0.481 e. The molecular formula is C41H54N4O8. The fourth-order valence-corrected chi connectivity index (χ4v) is 7.15. The lowest BCUT2D eigenvalue weighted by atomic mass is 9.82. The van der Waals surface area contributed by atoms with E-state index in [0.29, 0.717) is 19.3 Å². The van der Waals surface area contributed by atoms with Crippen molar-refractivity contribution < 1.29 is 38.7 Å². The summed E-state index contributed by atoms with van der Waals surface area (Å²) in [5.41, 5.74) is 0.789. The van der Waals surface area contributed by atoms with Crippen LogP contribution >= 0.6 is 0 Å². The average Bonchev–Trinajstić information content (AvgIpc) is 3.55. The van der Waals surface area contributed by atoms with E-state index in [1.54, 1.807) is 50.3 Å². The molecule has 1 aromatic heterocycles. The van der Waals surface area contributed by atoms with Gasteiger partial charge in [-0.1, -0.05) is 77.4 Å². The number of carbonyl (C=O) groups excluding carboxylic acids is 6. The standard InChI is InChI=1S/C41H54N4O8/c1-7-12-28-16-19-45(40(51)31(25(3)4)23-33(46)36(26(5)6)44-39(50)32-24-42-17-18-43-32)37(28)34(47)21-29(13-8-2)38(49)35(48)22-30(41(52)53)20-27-14-10-9-11-15-27/h7,9-11,14-15,17-18,24-26,28-31,36-37H,1,8,12-13,16,19-23H2,2-6H3,(H,44,50)(H,52,53)/t28?,29?,30-,31+,36+,37+/m1/s1. The molecule has 6 atom stereocenters. The fourth-order valence-electron chi connectivity index (χ4n) is 7.15. The Balaban J connectivity index is 1.80. The third-order valence-electron chi connectivity index (χ3n) is 10.1. The van der Waals surface area contributed by atoms with Gasteiger partial charge in [0.2, 0.25) is 11.7 Å². The van der Waals surface area contributed by atoms with Crippen molar-refractivity contribution in [3.63, 3.8) is 0 Å². The zero-order valence-corrected chi connectivity index (χ0v) is 31.5. The molecular weight excluding hydrogens is 676 g/mol. The highest BCUT2D eigenvalue weighted by atomic mass is 16.4. The summed E-state index contributed by atoms with van der Waals surface area (Å²) in [6, 6.07) is 7.08. The molecule has 53 heavy (non-hydrogen) atoms. The Bertz CT molecular complexity index is 1610. The molecule has 2 heterocycles. The highest BCUT2D eigenvalue weighted by Crippen LogP contribution is 2.34. The van der Waals surface area contributed by atoms with Crippen LogP contribution < -0.4 is 5.32 Å². The summed E-state index contributed by atoms with van der Waals surface area (Å²) >= 11 is 0. The first-order valence-electron chi connectivity index (χ1n) is 18.6. The fraction of sp³-hybridized carbons (Fsp3) is 0.537. The van der Waals surface area contributed by atoms with E-state index in [9.17, 15) is 38.7 Å². The first-order chi connectivity index (χ1) is 25.2. The molecule has 2 amide bonds. The molecule has 1 fully saturated rings. The number of benzene rings is 1. The van der Waals surface area contributed by atoms with E-state index in [-0.39, 0.29) is 73.1 Å². The summed E-state index contributed by atoms with van der Waals surface area (Å²) < 4.78 is 0. The Morgan fingerprint density at radius 2 is 1.66 bits per heavy atom. The Morgan fingerprint density at radius 1 is 0.962 bits per heavy atom. The maximum absolute atomic E-state index is 14.3. The summed E-state index contributed by atoms with van der Waals surface area (Å²) in [4.78, 5) is 103. The molecule has 2 aromatic rings. The van der Waals surface area contributed by atoms with Crippen molar-refractivity contribution in [1.82, 2.24) is 20.2 Å². The van der Waals surface area contributed by atoms with Crippen LogP contribution in [0.2, 0.25) is 0 Å². The van der Waals surface area contributed by atoms with Gasteiger partial charge in [-0.15, -0.1) is 6.58 Å². The summed E-state index contributed by atoms with van der Waals surface area (Å²) in [6.45, 7) is 13.2. The molecule has 0 saturated carbocycles. The average molecular weight is 731 g/mol. The van der Waals surface area contributed by atoms with Crippen molar-refractivity contribution in [2.45, 2.75) is 98.1 Å². The number of ketones is 4. The molecule has 2 unspecified atom stereocenters. The number of aliphatic carboxylic acids is 1. The number of aromatic nitrogens is 2. The minimum absolute atomic E-state index is 0.0598. The quantitative estimate of drug-likeness (QED) is 0.122. The second-order valence-electron chi connectivity index (χ2n) is 14.7. The van der Waals surface area contributed by atoms with Gasteiger partial charge in [0.15, 0.2) is 17.3 Å². The number of carboxylic acid groups (broad SMARTS) is 1. The highest BCUT2D eigenvalue weighted by Gasteiger charge is 2.45. The molecule has 0 spiro atoms. The normalized spacial score (nSPS) is 17.8. The number of allylic oxidation sites excluding steroid dienone is 1. The topological polar surface area (TPSA) is 181 Å². The minimum atomic E-state index is -1.18. The van der Waals surface area contributed by atoms with Crippen LogP contribution in [-0.2, 0) is 35.2 Å². The van der Waals surface area contributed by atoms with E-state index < -0.39 is 59.7 Å². The van der Waals surface area contributed by atoms with E-state index in [1.807, 2.05) is 20.8 Å². The van der Waals surface area contributed by atoms with E-state index in [2.05, 4.69) is 21.9 Å². The van der Waals surface area contributed by atoms with Crippen molar-refractivity contribution >= 4 is 40.9 Å². The molecule has 0 aliphatic carbocycles. The van der Waals surface area contributed by atoms with Crippen LogP contribution in [0.1, 0.15) is 95.6 Å². The largest absolute Gasteiger partial charge is 0.481 e. The van der Waals surface area contributed by atoms with Crippen molar-refractivity contribution in [3.8, 4) is 0 Å². The van der Waals surface area contributed by atoms with Gasteiger partial charge in [-0.25, -0.2) is 4.98 Å². The number of hydrogen-bond acceptors (Lipinski definition) is 9. The summed E-state index contributed by atoms with van der Waals surface area (Å²) in [6.07, 6.45) is 6.68. The lowest BCUT2D eigenvalue weighted by Gasteiger charge is -2.33. The number of hydrogen-bond donors (Lipinski definition) is 2. The van der Waals surface area contributed by atoms with Gasteiger partial charge < -0.3 is 15.3 Å². The van der Waals surface area contributed by atoms with Crippen LogP contribution in [0.25, 0.3) is 0 Å². The Labute approximate surface area is 312 Å². The highest BCUT2D eigenvalue weighted by molar-refractivity contribution is 6.38.